The number of aliphatic hydroxyl groups excluding tert-OH is 3. The summed E-state index contributed by atoms with van der Waals surface area (Å²) in [6.45, 7) is 0.643. The van der Waals surface area contributed by atoms with Gasteiger partial charge in [-0.3, -0.25) is 4.79 Å². The first-order valence-corrected chi connectivity index (χ1v) is 5.28. The Labute approximate surface area is 103 Å². The number of carbonyl (C=O) groups is 1. The fraction of sp³-hybridized carbons (Fsp3) is 0.778. The molecule has 3 N–H and O–H groups in total. The Morgan fingerprint density at radius 3 is 2.65 bits per heavy atom. The molecule has 17 heavy (non-hydrogen) atoms. The third kappa shape index (κ3) is 3.29. The average molecular weight is 263 g/mol. The Hall–Kier alpha value is -0.890. The maximum atomic E-state index is 10.9. The van der Waals surface area contributed by atoms with E-state index in [1.54, 1.807) is 0 Å². The molecule has 0 aliphatic carbocycles. The number of carbonyl (C=O) groups excluding carboxylic acids is 1. The van der Waals surface area contributed by atoms with Gasteiger partial charge in [0.15, 0.2) is 12.3 Å². The van der Waals surface area contributed by atoms with Crippen LogP contribution in [0.25, 0.3) is 0 Å². The van der Waals surface area contributed by atoms with Crippen LogP contribution in [0.1, 0.15) is 6.92 Å². The first kappa shape index (κ1) is 14.2. The fourth-order valence-corrected chi connectivity index (χ4v) is 1.65. The molecule has 1 aliphatic rings. The summed E-state index contributed by atoms with van der Waals surface area (Å²) in [5.41, 5.74) is 0. The van der Waals surface area contributed by atoms with Gasteiger partial charge in [0, 0.05) is 6.92 Å². The van der Waals surface area contributed by atoms with E-state index in [0.717, 1.165) is 6.92 Å². The summed E-state index contributed by atoms with van der Waals surface area (Å²) in [4.78, 5) is 14.4. The van der Waals surface area contributed by atoms with Gasteiger partial charge in [-0.25, -0.2) is 0 Å². The molecule has 5 atom stereocenters. The van der Waals surface area contributed by atoms with Gasteiger partial charge in [0.25, 0.3) is 0 Å². The van der Waals surface area contributed by atoms with Crippen LogP contribution in [0.4, 0.5) is 0 Å². The van der Waals surface area contributed by atoms with Gasteiger partial charge in [0.1, 0.15) is 18.3 Å². The highest BCUT2D eigenvalue weighted by Gasteiger charge is 2.46. The lowest BCUT2D eigenvalue weighted by molar-refractivity contribution is -0.235. The van der Waals surface area contributed by atoms with Crippen molar-refractivity contribution < 1.29 is 29.6 Å². The second-order valence-corrected chi connectivity index (χ2v) is 3.71. The molecule has 0 aromatic rings. The molecule has 0 spiro atoms. The molecule has 0 unspecified atom stereocenters. The van der Waals surface area contributed by atoms with Crippen LogP contribution in [0.2, 0.25) is 0 Å². The summed E-state index contributed by atoms with van der Waals surface area (Å²) in [5.74, 6) is -0.656. The minimum atomic E-state index is -1.41. The van der Waals surface area contributed by atoms with Gasteiger partial charge >= 0.3 is 5.97 Å². The van der Waals surface area contributed by atoms with Crippen LogP contribution in [0.5, 0.6) is 0 Å². The molecule has 0 radical (unpaired) electrons. The van der Waals surface area contributed by atoms with Crippen molar-refractivity contribution in [2.45, 2.75) is 37.6 Å². The number of hydrogen-bond donors (Lipinski definition) is 3. The molecule has 1 saturated heterocycles. The molecule has 1 fully saturated rings. The van der Waals surface area contributed by atoms with E-state index in [1.807, 2.05) is 5.16 Å². The summed E-state index contributed by atoms with van der Waals surface area (Å²) in [6, 6.07) is 0. The summed E-state index contributed by atoms with van der Waals surface area (Å²) >= 11 is 4.40. The zero-order valence-corrected chi connectivity index (χ0v) is 9.83. The van der Waals surface area contributed by atoms with Gasteiger partial charge in [-0.15, -0.1) is 0 Å². The molecular weight excluding hydrogens is 250 g/mol. The number of hydrogen-bond acceptors (Lipinski definition) is 8. The minimum absolute atomic E-state index is 0.505. The van der Waals surface area contributed by atoms with Gasteiger partial charge in [-0.2, -0.15) is 4.99 Å². The van der Waals surface area contributed by atoms with Gasteiger partial charge in [0.05, 0.1) is 11.8 Å². The Morgan fingerprint density at radius 1 is 1.53 bits per heavy atom. The molecule has 7 nitrogen and oxygen atoms in total. The Bertz CT molecular complexity index is 331. The summed E-state index contributed by atoms with van der Waals surface area (Å²) < 4.78 is 9.94. The molecular formula is C9H13NO6S. The highest BCUT2D eigenvalue weighted by atomic mass is 32.1. The Morgan fingerprint density at radius 2 is 2.18 bits per heavy atom. The van der Waals surface area contributed by atoms with Crippen molar-refractivity contribution in [1.82, 2.24) is 0 Å². The normalized spacial score (nSPS) is 37.1. The van der Waals surface area contributed by atoms with Crippen LogP contribution in [-0.2, 0) is 14.3 Å². The molecule has 1 rings (SSSR count). The molecule has 0 aromatic heterocycles. The lowest BCUT2D eigenvalue weighted by atomic mass is 9.98. The number of isothiocyanates is 1. The van der Waals surface area contributed by atoms with E-state index < -0.39 is 43.2 Å². The first-order valence-electron chi connectivity index (χ1n) is 4.88. The van der Waals surface area contributed by atoms with Crippen LogP contribution in [0.3, 0.4) is 0 Å². The van der Waals surface area contributed by atoms with Gasteiger partial charge in [0.2, 0.25) is 0 Å². The molecule has 1 heterocycles. The van der Waals surface area contributed by atoms with Crippen molar-refractivity contribution in [3.63, 3.8) is 0 Å². The number of rotatable bonds is 3. The Balaban J connectivity index is 2.90. The molecule has 0 saturated carbocycles. The first-order chi connectivity index (χ1) is 8.01. The van der Waals surface area contributed by atoms with E-state index >= 15 is 0 Å². The van der Waals surface area contributed by atoms with Crippen molar-refractivity contribution in [2.75, 3.05) is 6.61 Å². The lowest BCUT2D eigenvalue weighted by Crippen LogP contribution is -2.59. The fourth-order valence-electron chi connectivity index (χ4n) is 1.55. The maximum absolute atomic E-state index is 10.9. The molecule has 96 valence electrons. The number of aliphatic hydroxyl groups is 3. The van der Waals surface area contributed by atoms with Gasteiger partial charge in [-0.05, 0) is 12.2 Å². The third-order valence-electron chi connectivity index (χ3n) is 2.32. The predicted octanol–water partition coefficient (Wildman–Crippen LogP) is -1.54. The van der Waals surface area contributed by atoms with E-state index in [1.165, 1.54) is 0 Å². The molecule has 0 bridgehead atoms. The van der Waals surface area contributed by atoms with Crippen LogP contribution in [-0.4, -0.2) is 63.7 Å². The predicted molar refractivity (Wildman–Crippen MR) is 58.3 cm³/mol. The third-order valence-corrected chi connectivity index (χ3v) is 2.43. The van der Waals surface area contributed by atoms with Crippen LogP contribution >= 0.6 is 12.2 Å². The Kier molecular flexibility index (Phi) is 5.13. The zero-order chi connectivity index (χ0) is 13.0. The van der Waals surface area contributed by atoms with Crippen molar-refractivity contribution >= 4 is 23.3 Å². The highest BCUT2D eigenvalue weighted by molar-refractivity contribution is 7.78. The summed E-state index contributed by atoms with van der Waals surface area (Å²) in [5, 5.41) is 30.3. The van der Waals surface area contributed by atoms with Gasteiger partial charge in [-0.1, -0.05) is 0 Å². The standard InChI is InChI=1S/C9H13NO6S/c1-4(12)15-8-7(14)6(13)5(2-11)16-9(8)10-3-17/h5-9,11,13-14H,2H2,1H3/t5-,6-,7+,8-,9-/m1/s1. The van der Waals surface area contributed by atoms with Gasteiger partial charge < -0.3 is 24.8 Å². The van der Waals surface area contributed by atoms with Crippen LogP contribution < -0.4 is 0 Å². The summed E-state index contributed by atoms with van der Waals surface area (Å²) in [7, 11) is 0. The van der Waals surface area contributed by atoms with E-state index in [2.05, 4.69) is 17.2 Å². The monoisotopic (exact) mass is 263 g/mol. The van der Waals surface area contributed by atoms with Crippen molar-refractivity contribution in [3.8, 4) is 0 Å². The number of thiocarbonyl (C=S) groups is 1. The maximum Gasteiger partial charge on any atom is 0.303 e. The second-order valence-electron chi connectivity index (χ2n) is 3.52. The second kappa shape index (κ2) is 6.15. The molecule has 0 amide bonds. The average Bonchev–Trinajstić information content (AvgIpc) is 2.28. The molecule has 8 heteroatoms. The van der Waals surface area contributed by atoms with Crippen molar-refractivity contribution in [1.29, 1.82) is 0 Å². The van der Waals surface area contributed by atoms with Crippen LogP contribution in [0.15, 0.2) is 4.99 Å². The highest BCUT2D eigenvalue weighted by Crippen LogP contribution is 2.24. The van der Waals surface area contributed by atoms with E-state index in [-0.39, 0.29) is 0 Å². The number of ether oxygens (including phenoxy) is 2. The smallest absolute Gasteiger partial charge is 0.303 e. The van der Waals surface area contributed by atoms with Crippen molar-refractivity contribution in [3.05, 3.63) is 0 Å². The summed E-state index contributed by atoms with van der Waals surface area (Å²) in [6.07, 6.45) is -6.08. The number of nitrogens with zero attached hydrogens (tertiary/aromatic N) is 1. The zero-order valence-electron chi connectivity index (χ0n) is 9.02. The molecule has 1 aliphatic heterocycles. The van der Waals surface area contributed by atoms with E-state index in [0.29, 0.717) is 0 Å². The van der Waals surface area contributed by atoms with Crippen molar-refractivity contribution in [2.24, 2.45) is 4.99 Å². The topological polar surface area (TPSA) is 109 Å². The minimum Gasteiger partial charge on any atom is -0.455 e. The van der Waals surface area contributed by atoms with E-state index in [9.17, 15) is 15.0 Å². The SMILES string of the molecule is CC(=O)O[C@@H]1[C@@H](O)[C@H](O)[C@@H](CO)O[C@H]1N=C=S. The number of aliphatic imine (C=N–C) groups is 1. The molecule has 0 aromatic carbocycles. The quantitative estimate of drug-likeness (QED) is 0.321. The van der Waals surface area contributed by atoms with Crippen LogP contribution in [0, 0.1) is 0 Å². The lowest BCUT2D eigenvalue weighted by Gasteiger charge is -2.39. The number of esters is 1. The van der Waals surface area contributed by atoms with E-state index in [4.69, 9.17) is 14.6 Å². The largest absolute Gasteiger partial charge is 0.455 e.